The first-order valence-corrected chi connectivity index (χ1v) is 16.2. The molecule has 0 bridgehead atoms. The summed E-state index contributed by atoms with van der Waals surface area (Å²) in [6.45, 7) is 6.73. The Morgan fingerprint density at radius 1 is 0.929 bits per heavy atom. The second-order valence-corrected chi connectivity index (χ2v) is 16.7. The van der Waals surface area contributed by atoms with Crippen LogP contribution >= 0.6 is 23.2 Å². The molecule has 0 fully saturated rings. The van der Waals surface area contributed by atoms with Crippen LogP contribution in [0.3, 0.4) is 0 Å². The van der Waals surface area contributed by atoms with E-state index in [1.807, 2.05) is 60.7 Å². The van der Waals surface area contributed by atoms with E-state index in [9.17, 15) is 0 Å². The van der Waals surface area contributed by atoms with E-state index in [1.165, 1.54) is 5.56 Å². The van der Waals surface area contributed by atoms with Crippen molar-refractivity contribution < 1.29 is 23.3 Å². The predicted octanol–water partition coefficient (Wildman–Crippen LogP) is 8.28. The summed E-state index contributed by atoms with van der Waals surface area (Å²) in [6, 6.07) is 26.3. The van der Waals surface area contributed by atoms with Gasteiger partial charge in [-0.15, -0.1) is 28.5 Å². The van der Waals surface area contributed by atoms with E-state index in [0.29, 0.717) is 0 Å². The minimum absolute atomic E-state index is 0.210. The van der Waals surface area contributed by atoms with Crippen molar-refractivity contribution in [3.63, 3.8) is 0 Å². The van der Waals surface area contributed by atoms with Crippen molar-refractivity contribution in [2.75, 3.05) is 0 Å². The average Bonchev–Trinajstić information content (AvgIpc) is 3.35. The van der Waals surface area contributed by atoms with Gasteiger partial charge in [0.2, 0.25) is 0 Å². The van der Waals surface area contributed by atoms with Gasteiger partial charge in [-0.3, -0.25) is 0 Å². The smallest absolute Gasteiger partial charge is 0.172 e. The summed E-state index contributed by atoms with van der Waals surface area (Å²) in [6.07, 6.45) is 0.930. The van der Waals surface area contributed by atoms with Crippen molar-refractivity contribution in [2.24, 2.45) is 0 Å². The molecule has 0 amide bonds. The average molecular weight is 503 g/mol. The number of hydrogen-bond acceptors (Lipinski definition) is 0. The Morgan fingerprint density at radius 3 is 2.04 bits per heavy atom. The van der Waals surface area contributed by atoms with Crippen molar-refractivity contribution in [3.05, 3.63) is 94.5 Å². The summed E-state index contributed by atoms with van der Waals surface area (Å²) in [5.74, 6) is 0. The molecule has 4 heteroatoms. The van der Waals surface area contributed by atoms with Gasteiger partial charge in [-0.2, -0.15) is 29.8 Å². The maximum Gasteiger partial charge on any atom is -0.172 e. The molecule has 0 N–H and O–H groups in total. The van der Waals surface area contributed by atoms with Crippen molar-refractivity contribution in [1.82, 2.24) is 0 Å². The number of benzene rings is 2. The molecule has 0 aliphatic rings. The summed E-state index contributed by atoms with van der Waals surface area (Å²) >= 11 is 14.7. The molecule has 0 aliphatic carbocycles. The van der Waals surface area contributed by atoms with E-state index in [-0.39, 0.29) is 5.43 Å². The summed E-state index contributed by atoms with van der Waals surface area (Å²) in [5.41, 5.74) is 3.52. The van der Waals surface area contributed by atoms with Gasteiger partial charge >= 0.3 is 41.9 Å². The molecule has 0 aliphatic heterocycles. The number of rotatable bonds is 2. The molecule has 0 saturated heterocycles. The van der Waals surface area contributed by atoms with E-state index in [1.54, 1.807) is 23.3 Å². The van der Waals surface area contributed by atoms with E-state index < -0.39 is 0 Å². The minimum Gasteiger partial charge on any atom is -0.214 e. The maximum absolute atomic E-state index is 6.53. The molecule has 0 aromatic heterocycles. The van der Waals surface area contributed by atoms with Crippen LogP contribution in [0.2, 0.25) is 23.1 Å². The number of hydrogen-bond donors (Lipinski definition) is 0. The van der Waals surface area contributed by atoms with Crippen LogP contribution in [0.4, 0.5) is 0 Å². The van der Waals surface area contributed by atoms with Crippen LogP contribution in [-0.4, -0.2) is 5.43 Å². The van der Waals surface area contributed by atoms with Crippen LogP contribution in [0.5, 0.6) is 0 Å². The quantitative estimate of drug-likeness (QED) is 0.191. The first-order valence-electron chi connectivity index (χ1n) is 9.25. The molecule has 28 heavy (non-hydrogen) atoms. The third-order valence-electron chi connectivity index (χ3n) is 4.02. The Hall–Kier alpha value is -0.920. The van der Waals surface area contributed by atoms with Crippen LogP contribution in [0.15, 0.2) is 78.9 Å². The molecule has 142 valence electrons. The SMILES string of the molecule is CCc1[cH-]c2ccc(Cl)c(-c3ccccc3)c2c1Cl.C[Si](C)=[Zr+2].c1cc[cH-]c1. The molecule has 0 atom stereocenters. The third-order valence-corrected chi connectivity index (χ3v) is 4.76. The molecule has 4 aromatic carbocycles. The van der Waals surface area contributed by atoms with E-state index in [2.05, 4.69) is 38.2 Å². The molecule has 0 spiro atoms. The molecule has 4 rings (SSSR count). The first kappa shape index (κ1) is 23.4. The zero-order valence-corrected chi connectivity index (χ0v) is 21.4. The third kappa shape index (κ3) is 6.56. The van der Waals surface area contributed by atoms with Crippen molar-refractivity contribution >= 4 is 39.4 Å². The summed E-state index contributed by atoms with van der Waals surface area (Å²) < 4.78 is 0. The van der Waals surface area contributed by atoms with Gasteiger partial charge in [-0.05, 0) is 17.5 Å². The van der Waals surface area contributed by atoms with Crippen molar-refractivity contribution in [1.29, 1.82) is 0 Å². The van der Waals surface area contributed by atoms with E-state index in [4.69, 9.17) is 23.2 Å². The molecule has 0 heterocycles. The molecule has 0 unspecified atom stereocenters. The Bertz CT molecular complexity index is 981. The summed E-state index contributed by atoms with van der Waals surface area (Å²) in [7, 11) is 0. The second kappa shape index (κ2) is 11.9. The Labute approximate surface area is 193 Å². The van der Waals surface area contributed by atoms with Crippen molar-refractivity contribution in [2.45, 2.75) is 26.4 Å². The molecule has 0 radical (unpaired) electrons. The van der Waals surface area contributed by atoms with E-state index in [0.717, 1.165) is 38.4 Å². The van der Waals surface area contributed by atoms with Crippen LogP contribution in [0.1, 0.15) is 12.5 Å². The van der Waals surface area contributed by atoms with Crippen molar-refractivity contribution in [3.8, 4) is 11.1 Å². The zero-order chi connectivity index (χ0) is 20.5. The topological polar surface area (TPSA) is 0 Å². The number of halogens is 2. The van der Waals surface area contributed by atoms with Crippen LogP contribution in [0, 0.1) is 0 Å². The van der Waals surface area contributed by atoms with Gasteiger partial charge in [0, 0.05) is 5.02 Å². The molecule has 0 nitrogen and oxygen atoms in total. The number of aryl methyl sites for hydroxylation is 1. The largest absolute Gasteiger partial charge is 0.214 e. The number of fused-ring (bicyclic) bond motifs is 1. The van der Waals surface area contributed by atoms with Crippen LogP contribution in [-0.2, 0) is 29.8 Å². The van der Waals surface area contributed by atoms with Gasteiger partial charge in [0.1, 0.15) is 0 Å². The normalized spacial score (nSPS) is 9.96. The molecule has 4 aromatic rings. The maximum atomic E-state index is 6.53. The summed E-state index contributed by atoms with van der Waals surface area (Å²) in [5, 5.41) is 3.80. The fraction of sp³-hybridized carbons (Fsp3) is 0.167. The Balaban J connectivity index is 0.000000259. The summed E-state index contributed by atoms with van der Waals surface area (Å²) in [4.78, 5) is 0. The fourth-order valence-corrected chi connectivity index (χ4v) is 3.49. The standard InChI is InChI=1S/C17H13Cl2.C5H5.C2H6Si.Zr/c1-2-11-10-13-8-9-14(18)15(16(13)17(11)19)12-6-4-3-5-7-12;1-2-4-5-3-1;1-3-2;/h3-10H,2H2,1H3;1-5H;1-2H3;/q2*-1;;+2. The Kier molecular flexibility index (Phi) is 9.95. The van der Waals surface area contributed by atoms with Gasteiger partial charge in [0.25, 0.3) is 0 Å². The first-order chi connectivity index (χ1) is 13.5. The van der Waals surface area contributed by atoms with E-state index >= 15 is 0 Å². The van der Waals surface area contributed by atoms with Gasteiger partial charge in [-0.25, -0.2) is 12.1 Å². The second-order valence-electron chi connectivity index (χ2n) is 6.55. The Morgan fingerprint density at radius 2 is 1.54 bits per heavy atom. The van der Waals surface area contributed by atoms with Gasteiger partial charge in [0.05, 0.1) is 0 Å². The molecule has 0 saturated carbocycles. The van der Waals surface area contributed by atoms with Gasteiger partial charge in [0.15, 0.2) is 0 Å². The van der Waals surface area contributed by atoms with Crippen LogP contribution in [0.25, 0.3) is 21.9 Å². The zero-order valence-electron chi connectivity index (χ0n) is 16.5. The molecular weight excluding hydrogens is 478 g/mol. The monoisotopic (exact) mass is 500 g/mol. The van der Waals surface area contributed by atoms with Crippen LogP contribution < -0.4 is 0 Å². The fourth-order valence-electron chi connectivity index (χ4n) is 2.83. The molecular formula is C24H24Cl2SiZr. The minimum atomic E-state index is 0.210. The van der Waals surface area contributed by atoms with Gasteiger partial charge < -0.3 is 0 Å². The predicted molar refractivity (Wildman–Crippen MR) is 124 cm³/mol. The van der Waals surface area contributed by atoms with Gasteiger partial charge in [-0.1, -0.05) is 59.9 Å².